The van der Waals surface area contributed by atoms with Crippen LogP contribution in [0.4, 0.5) is 0 Å². The van der Waals surface area contributed by atoms with Gasteiger partial charge in [0.25, 0.3) is 0 Å². The number of aliphatic carboxylic acids is 1. The molecule has 4 aliphatic carbocycles. The van der Waals surface area contributed by atoms with Gasteiger partial charge in [-0.15, -0.1) is 0 Å². The van der Waals surface area contributed by atoms with Gasteiger partial charge in [-0.05, 0) is 97.7 Å². The Morgan fingerprint density at radius 1 is 1.03 bits per heavy atom. The van der Waals surface area contributed by atoms with Crippen molar-refractivity contribution in [2.24, 2.45) is 46.3 Å². The van der Waals surface area contributed by atoms with Crippen LogP contribution in [0, 0.1) is 46.3 Å². The molecule has 5 nitrogen and oxygen atoms in total. The van der Waals surface area contributed by atoms with Gasteiger partial charge in [0.05, 0.1) is 18.3 Å². The third kappa shape index (κ3) is 3.27. The molecule has 166 valence electrons. The molecule has 0 aromatic heterocycles. The van der Waals surface area contributed by atoms with Crippen molar-refractivity contribution in [3.05, 3.63) is 0 Å². The summed E-state index contributed by atoms with van der Waals surface area (Å²) in [6, 6.07) is 0. The number of aliphatic hydroxyl groups excluding tert-OH is 3. The summed E-state index contributed by atoms with van der Waals surface area (Å²) in [7, 11) is 0. The Bertz CT molecular complexity index is 637. The van der Waals surface area contributed by atoms with Crippen LogP contribution in [0.25, 0.3) is 0 Å². The molecule has 4 fully saturated rings. The van der Waals surface area contributed by atoms with Crippen molar-refractivity contribution < 1.29 is 25.2 Å². The maximum absolute atomic E-state index is 11.5. The predicted octanol–water partition coefficient (Wildman–Crippen LogP) is 3.45. The molecule has 0 bridgehead atoms. The average Bonchev–Trinajstić information content (AvgIpc) is 3.01. The molecule has 29 heavy (non-hydrogen) atoms. The van der Waals surface area contributed by atoms with E-state index in [9.17, 15) is 20.1 Å². The Morgan fingerprint density at radius 3 is 2.45 bits per heavy atom. The van der Waals surface area contributed by atoms with Crippen LogP contribution in [0.15, 0.2) is 0 Å². The first kappa shape index (κ1) is 21.6. The lowest BCUT2D eigenvalue weighted by molar-refractivity contribution is -0.207. The second-order valence-corrected chi connectivity index (χ2v) is 11.4. The molecule has 0 spiro atoms. The number of carboxylic acid groups (broad SMARTS) is 1. The Labute approximate surface area is 174 Å². The molecule has 7 unspecified atom stereocenters. The fraction of sp³-hybridized carbons (Fsp3) is 0.958. The van der Waals surface area contributed by atoms with Gasteiger partial charge in [-0.25, -0.2) is 0 Å². The lowest BCUT2D eigenvalue weighted by Crippen LogP contribution is -2.62. The van der Waals surface area contributed by atoms with E-state index in [1.807, 2.05) is 0 Å². The molecular weight excluding hydrogens is 368 g/mol. The second-order valence-electron chi connectivity index (χ2n) is 11.4. The molecule has 5 heteroatoms. The number of rotatable bonds is 4. The van der Waals surface area contributed by atoms with Crippen LogP contribution in [-0.4, -0.2) is 44.7 Å². The van der Waals surface area contributed by atoms with E-state index >= 15 is 0 Å². The van der Waals surface area contributed by atoms with Gasteiger partial charge < -0.3 is 20.4 Å². The topological polar surface area (TPSA) is 98.0 Å². The molecule has 0 aliphatic heterocycles. The second kappa shape index (κ2) is 7.49. The summed E-state index contributed by atoms with van der Waals surface area (Å²) in [6.07, 6.45) is 6.00. The smallest absolute Gasteiger partial charge is 0.303 e. The Hall–Kier alpha value is -0.650. The quantitative estimate of drug-likeness (QED) is 0.571. The highest BCUT2D eigenvalue weighted by atomic mass is 16.4. The molecule has 11 atom stereocenters. The van der Waals surface area contributed by atoms with Gasteiger partial charge in [0.15, 0.2) is 0 Å². The summed E-state index contributed by atoms with van der Waals surface area (Å²) < 4.78 is 0. The standard InChI is InChI=1S/C24H40O5/c1-13(4-7-21(28)29)16-5-6-17-22-18(12-20(27)24(16,17)3)23(2)9-8-15(25)10-14(23)11-19(22)26/h13-20,22,25-27H,4-12H2,1-3H3,(H,28,29)/t13?,14-,15+,16?,17-,18?,19?,20?,22-,23?,24?/m0/s1. The minimum Gasteiger partial charge on any atom is -0.481 e. The first-order chi connectivity index (χ1) is 13.6. The van der Waals surface area contributed by atoms with Gasteiger partial charge in [0.2, 0.25) is 0 Å². The van der Waals surface area contributed by atoms with Crippen molar-refractivity contribution in [3.8, 4) is 0 Å². The maximum Gasteiger partial charge on any atom is 0.303 e. The van der Waals surface area contributed by atoms with Crippen LogP contribution in [0.5, 0.6) is 0 Å². The van der Waals surface area contributed by atoms with E-state index in [1.165, 1.54) is 0 Å². The maximum atomic E-state index is 11.5. The highest BCUT2D eigenvalue weighted by molar-refractivity contribution is 5.66. The zero-order valence-corrected chi connectivity index (χ0v) is 18.3. The Balaban J connectivity index is 1.61. The molecule has 4 aliphatic rings. The molecule has 0 heterocycles. The van der Waals surface area contributed by atoms with Crippen molar-refractivity contribution in [2.45, 2.75) is 96.9 Å². The van der Waals surface area contributed by atoms with Crippen LogP contribution >= 0.6 is 0 Å². The summed E-state index contributed by atoms with van der Waals surface area (Å²) in [5.41, 5.74) is -0.143. The van der Waals surface area contributed by atoms with Gasteiger partial charge in [-0.1, -0.05) is 20.8 Å². The number of carboxylic acids is 1. The molecule has 4 rings (SSSR count). The lowest BCUT2D eigenvalue weighted by atomic mass is 9.43. The van der Waals surface area contributed by atoms with Gasteiger partial charge in [-0.2, -0.15) is 0 Å². The fourth-order valence-corrected chi connectivity index (χ4v) is 8.68. The Kier molecular flexibility index (Phi) is 5.57. The number of aliphatic hydroxyl groups is 3. The third-order valence-electron chi connectivity index (χ3n) is 10.3. The molecule has 0 amide bonds. The molecule has 0 radical (unpaired) electrons. The summed E-state index contributed by atoms with van der Waals surface area (Å²) >= 11 is 0. The van der Waals surface area contributed by atoms with Crippen molar-refractivity contribution in [1.29, 1.82) is 0 Å². The zero-order valence-electron chi connectivity index (χ0n) is 18.3. The van der Waals surface area contributed by atoms with Crippen molar-refractivity contribution >= 4 is 5.97 Å². The van der Waals surface area contributed by atoms with Gasteiger partial charge in [0.1, 0.15) is 0 Å². The van der Waals surface area contributed by atoms with E-state index in [4.69, 9.17) is 5.11 Å². The van der Waals surface area contributed by atoms with Gasteiger partial charge in [0, 0.05) is 6.42 Å². The molecule has 4 saturated carbocycles. The summed E-state index contributed by atoms with van der Waals surface area (Å²) in [4.78, 5) is 11.1. The first-order valence-corrected chi connectivity index (χ1v) is 11.8. The first-order valence-electron chi connectivity index (χ1n) is 11.8. The van der Waals surface area contributed by atoms with Crippen LogP contribution in [0.3, 0.4) is 0 Å². The minimum absolute atomic E-state index is 0.0957. The predicted molar refractivity (Wildman–Crippen MR) is 110 cm³/mol. The fourth-order valence-electron chi connectivity index (χ4n) is 8.68. The highest BCUT2D eigenvalue weighted by Crippen LogP contribution is 2.68. The van der Waals surface area contributed by atoms with Crippen LogP contribution in [0.2, 0.25) is 0 Å². The Morgan fingerprint density at radius 2 is 1.76 bits per heavy atom. The van der Waals surface area contributed by atoms with E-state index in [1.54, 1.807) is 0 Å². The van der Waals surface area contributed by atoms with E-state index in [0.29, 0.717) is 30.1 Å². The summed E-state index contributed by atoms with van der Waals surface area (Å²) in [5, 5.41) is 42.0. The third-order valence-corrected chi connectivity index (χ3v) is 10.3. The molecular formula is C24H40O5. The van der Waals surface area contributed by atoms with Crippen LogP contribution in [-0.2, 0) is 4.79 Å². The SMILES string of the molecule is CC(CCC(=O)O)C1CC[C@H]2[C@@H]3C(O)C[C@@H]4C[C@H](O)CCC4(C)C3CC(O)C12C. The zero-order chi connectivity index (χ0) is 21.1. The number of fused-ring (bicyclic) bond motifs is 5. The monoisotopic (exact) mass is 408 g/mol. The number of carbonyl (C=O) groups is 1. The van der Waals surface area contributed by atoms with Crippen molar-refractivity contribution in [2.75, 3.05) is 0 Å². The van der Waals surface area contributed by atoms with Crippen LogP contribution < -0.4 is 0 Å². The van der Waals surface area contributed by atoms with E-state index in [-0.39, 0.29) is 41.3 Å². The average molecular weight is 409 g/mol. The molecule has 0 aromatic rings. The normalized spacial score (nSPS) is 52.9. The van der Waals surface area contributed by atoms with Gasteiger partial charge >= 0.3 is 5.97 Å². The largest absolute Gasteiger partial charge is 0.481 e. The van der Waals surface area contributed by atoms with Crippen LogP contribution in [0.1, 0.15) is 78.6 Å². The van der Waals surface area contributed by atoms with E-state index in [2.05, 4.69) is 20.8 Å². The summed E-state index contributed by atoms with van der Waals surface area (Å²) in [5.74, 6) is 0.997. The van der Waals surface area contributed by atoms with Crippen molar-refractivity contribution in [3.63, 3.8) is 0 Å². The molecule has 0 aromatic carbocycles. The van der Waals surface area contributed by atoms with Gasteiger partial charge in [-0.3, -0.25) is 4.79 Å². The number of hydrogen-bond donors (Lipinski definition) is 4. The van der Waals surface area contributed by atoms with E-state index in [0.717, 1.165) is 44.9 Å². The molecule has 0 saturated heterocycles. The molecule has 4 N–H and O–H groups in total. The summed E-state index contributed by atoms with van der Waals surface area (Å²) in [6.45, 7) is 6.72. The lowest BCUT2D eigenvalue weighted by Gasteiger charge is -2.63. The van der Waals surface area contributed by atoms with Crippen molar-refractivity contribution in [1.82, 2.24) is 0 Å². The minimum atomic E-state index is -0.748. The highest BCUT2D eigenvalue weighted by Gasteiger charge is 2.65. The number of hydrogen-bond acceptors (Lipinski definition) is 4. The van der Waals surface area contributed by atoms with E-state index < -0.39 is 12.1 Å².